The summed E-state index contributed by atoms with van der Waals surface area (Å²) in [4.78, 5) is 0. The van der Waals surface area contributed by atoms with Crippen molar-refractivity contribution in [3.63, 3.8) is 0 Å². The number of hydrogen-bond donors (Lipinski definition) is 0. The summed E-state index contributed by atoms with van der Waals surface area (Å²) in [6, 6.07) is 10.3. The molecule has 0 unspecified atom stereocenters. The molecular formula is C9H17BrO2Si. The third kappa shape index (κ3) is 11.8. The summed E-state index contributed by atoms with van der Waals surface area (Å²) < 4.78 is 9.22. The van der Waals surface area contributed by atoms with Gasteiger partial charge in [-0.15, -0.1) is 17.0 Å². The van der Waals surface area contributed by atoms with Gasteiger partial charge in [-0.05, 0) is 6.92 Å². The molecule has 0 amide bonds. The van der Waals surface area contributed by atoms with Gasteiger partial charge in [-0.1, -0.05) is 35.9 Å². The van der Waals surface area contributed by atoms with Crippen LogP contribution in [-0.2, 0) is 8.85 Å². The molecule has 0 N–H and O–H groups in total. The van der Waals surface area contributed by atoms with E-state index in [0.29, 0.717) is 0 Å². The van der Waals surface area contributed by atoms with Crippen LogP contribution in [0.5, 0.6) is 0 Å². The fourth-order valence-electron chi connectivity index (χ4n) is 0.652. The zero-order valence-corrected chi connectivity index (χ0v) is 11.4. The molecule has 13 heavy (non-hydrogen) atoms. The van der Waals surface area contributed by atoms with Gasteiger partial charge in [0.05, 0.1) is 0 Å². The third-order valence-corrected chi connectivity index (χ3v) is 1.65. The van der Waals surface area contributed by atoms with Crippen molar-refractivity contribution in [1.82, 2.24) is 0 Å². The van der Waals surface area contributed by atoms with Crippen LogP contribution in [0.25, 0.3) is 0 Å². The lowest BCUT2D eigenvalue weighted by molar-refractivity contribution is 0.309. The molecule has 1 aromatic rings. The van der Waals surface area contributed by atoms with E-state index in [1.165, 1.54) is 5.56 Å². The number of rotatable bonds is 2. The lowest BCUT2D eigenvalue weighted by atomic mass is 10.2. The fourth-order valence-corrected chi connectivity index (χ4v) is 0.888. The monoisotopic (exact) mass is 264 g/mol. The summed E-state index contributed by atoms with van der Waals surface area (Å²) in [6.45, 7) is 2.08. The summed E-state index contributed by atoms with van der Waals surface area (Å²) in [5.74, 6) is 0. The number of halogens is 1. The van der Waals surface area contributed by atoms with Gasteiger partial charge in [0.25, 0.3) is 0 Å². The Labute approximate surface area is 93.1 Å². The molecule has 0 aliphatic rings. The van der Waals surface area contributed by atoms with E-state index >= 15 is 0 Å². The first kappa shape index (κ1) is 15.3. The Morgan fingerprint density at radius 3 is 1.62 bits per heavy atom. The Bertz CT molecular complexity index is 180. The van der Waals surface area contributed by atoms with Gasteiger partial charge in [-0.3, -0.25) is 0 Å². The largest absolute Gasteiger partial charge is 0.402 e. The molecule has 2 nitrogen and oxygen atoms in total. The molecule has 0 aliphatic heterocycles. The smallest absolute Gasteiger partial charge is 0.303 e. The first-order chi connectivity index (χ1) is 5.81. The van der Waals surface area contributed by atoms with E-state index in [9.17, 15) is 0 Å². The molecule has 0 radical (unpaired) electrons. The molecule has 0 heterocycles. The predicted molar refractivity (Wildman–Crippen MR) is 64.1 cm³/mol. The highest BCUT2D eigenvalue weighted by molar-refractivity contribution is 8.93. The average Bonchev–Trinajstić information content (AvgIpc) is 2.08. The van der Waals surface area contributed by atoms with Crippen LogP contribution >= 0.6 is 17.0 Å². The molecule has 0 spiro atoms. The standard InChI is InChI=1S/C7H8.C2H8O2Si.BrH/c1-7-5-3-2-4-6-7;1-3-5-4-2;/h2-6H,1H3;5H2,1-2H3;1H. The van der Waals surface area contributed by atoms with Crippen molar-refractivity contribution in [1.29, 1.82) is 0 Å². The second-order valence-corrected chi connectivity index (χ2v) is 3.74. The van der Waals surface area contributed by atoms with Crippen molar-refractivity contribution < 1.29 is 8.85 Å². The zero-order valence-electron chi connectivity index (χ0n) is 8.32. The SMILES string of the molecule is Br.CO[SiH2]OC.Cc1ccccc1. The van der Waals surface area contributed by atoms with Crippen LogP contribution in [0.15, 0.2) is 30.3 Å². The molecule has 1 rings (SSSR count). The van der Waals surface area contributed by atoms with Crippen LogP contribution in [-0.4, -0.2) is 24.2 Å². The van der Waals surface area contributed by atoms with Crippen molar-refractivity contribution in [2.75, 3.05) is 14.2 Å². The van der Waals surface area contributed by atoms with Crippen molar-refractivity contribution in [2.24, 2.45) is 0 Å². The van der Waals surface area contributed by atoms with E-state index in [0.717, 1.165) is 0 Å². The summed E-state index contributed by atoms with van der Waals surface area (Å²) >= 11 is 0. The van der Waals surface area contributed by atoms with Crippen LogP contribution in [0.3, 0.4) is 0 Å². The van der Waals surface area contributed by atoms with Gasteiger partial charge < -0.3 is 8.85 Å². The highest BCUT2D eigenvalue weighted by atomic mass is 79.9. The van der Waals surface area contributed by atoms with E-state index in [4.69, 9.17) is 0 Å². The molecule has 0 saturated carbocycles. The normalized spacial score (nSPS) is 7.92. The minimum atomic E-state index is -0.568. The van der Waals surface area contributed by atoms with Gasteiger partial charge in [-0.25, -0.2) is 0 Å². The van der Waals surface area contributed by atoms with Crippen molar-refractivity contribution >= 4 is 27.0 Å². The second kappa shape index (κ2) is 11.8. The number of hydrogen-bond acceptors (Lipinski definition) is 2. The Kier molecular flexibility index (Phi) is 13.9. The Morgan fingerprint density at radius 1 is 1.00 bits per heavy atom. The van der Waals surface area contributed by atoms with Gasteiger partial charge >= 0.3 is 10.0 Å². The van der Waals surface area contributed by atoms with E-state index in [1.807, 2.05) is 18.2 Å². The minimum absolute atomic E-state index is 0. The maximum atomic E-state index is 4.61. The highest BCUT2D eigenvalue weighted by Crippen LogP contribution is 1.92. The summed E-state index contributed by atoms with van der Waals surface area (Å²) in [5, 5.41) is 0. The van der Waals surface area contributed by atoms with Crippen LogP contribution < -0.4 is 0 Å². The second-order valence-electron chi connectivity index (χ2n) is 2.35. The van der Waals surface area contributed by atoms with Crippen LogP contribution in [0.4, 0.5) is 0 Å². The molecule has 0 aromatic heterocycles. The van der Waals surface area contributed by atoms with Crippen LogP contribution in [0.1, 0.15) is 5.56 Å². The predicted octanol–water partition coefficient (Wildman–Crippen LogP) is 1.85. The molecule has 0 saturated heterocycles. The quantitative estimate of drug-likeness (QED) is 0.760. The molecule has 0 fully saturated rings. The topological polar surface area (TPSA) is 18.5 Å². The summed E-state index contributed by atoms with van der Waals surface area (Å²) in [7, 11) is 2.73. The first-order valence-electron chi connectivity index (χ1n) is 3.80. The number of benzene rings is 1. The van der Waals surface area contributed by atoms with Crippen molar-refractivity contribution in [2.45, 2.75) is 6.92 Å². The van der Waals surface area contributed by atoms with E-state index in [2.05, 4.69) is 27.9 Å². The van der Waals surface area contributed by atoms with E-state index in [1.54, 1.807) is 14.2 Å². The highest BCUT2D eigenvalue weighted by Gasteiger charge is 1.72. The lowest BCUT2D eigenvalue weighted by Crippen LogP contribution is -1.93. The van der Waals surface area contributed by atoms with Crippen LogP contribution in [0, 0.1) is 6.92 Å². The third-order valence-electron chi connectivity index (χ3n) is 1.18. The maximum absolute atomic E-state index is 4.61. The summed E-state index contributed by atoms with van der Waals surface area (Å²) in [5.41, 5.74) is 1.32. The van der Waals surface area contributed by atoms with Gasteiger partial charge in [0.2, 0.25) is 0 Å². The van der Waals surface area contributed by atoms with Crippen molar-refractivity contribution in [3.05, 3.63) is 35.9 Å². The lowest BCUT2D eigenvalue weighted by Gasteiger charge is -1.86. The average molecular weight is 265 g/mol. The maximum Gasteiger partial charge on any atom is 0.303 e. The van der Waals surface area contributed by atoms with Crippen LogP contribution in [0.2, 0.25) is 0 Å². The van der Waals surface area contributed by atoms with Gasteiger partial charge in [0.1, 0.15) is 0 Å². The minimum Gasteiger partial charge on any atom is -0.402 e. The Hall–Kier alpha value is -0.163. The number of aryl methyl sites for hydroxylation is 1. The molecule has 1 aromatic carbocycles. The van der Waals surface area contributed by atoms with Gasteiger partial charge in [0, 0.05) is 14.2 Å². The molecule has 0 aliphatic carbocycles. The molecule has 4 heteroatoms. The van der Waals surface area contributed by atoms with Gasteiger partial charge in [0.15, 0.2) is 0 Å². The molecule has 0 atom stereocenters. The molecule has 0 bridgehead atoms. The van der Waals surface area contributed by atoms with E-state index in [-0.39, 0.29) is 17.0 Å². The Balaban J connectivity index is 0. The first-order valence-corrected chi connectivity index (χ1v) is 4.96. The Morgan fingerprint density at radius 2 is 1.46 bits per heavy atom. The molecular weight excluding hydrogens is 248 g/mol. The van der Waals surface area contributed by atoms with E-state index < -0.39 is 10.0 Å². The molecule has 76 valence electrons. The fraction of sp³-hybridized carbons (Fsp3) is 0.333. The van der Waals surface area contributed by atoms with Crippen molar-refractivity contribution in [3.8, 4) is 0 Å². The summed E-state index contributed by atoms with van der Waals surface area (Å²) in [6.07, 6.45) is 0. The zero-order chi connectivity index (χ0) is 9.23. The van der Waals surface area contributed by atoms with Gasteiger partial charge in [-0.2, -0.15) is 0 Å².